The standard InChI is InChI=1S/C19H17BrF2N4O/c1-25(10-13-9-23-26(11-13)15-5-3-2-4-6-15)12-18(27)24-19-16(20)7-14(21)8-17(19)22/h2-9,11H,10,12H2,1H3,(H,24,27). The van der Waals surface area contributed by atoms with Crippen molar-refractivity contribution in [3.05, 3.63) is 76.5 Å². The largest absolute Gasteiger partial charge is 0.322 e. The molecule has 0 unspecified atom stereocenters. The number of carbonyl (C=O) groups excluding carboxylic acids is 1. The number of likely N-dealkylation sites (N-methyl/N-ethyl adjacent to an activating group) is 1. The van der Waals surface area contributed by atoms with Crippen LogP contribution in [0.5, 0.6) is 0 Å². The summed E-state index contributed by atoms with van der Waals surface area (Å²) in [6, 6.07) is 11.5. The molecule has 1 amide bonds. The van der Waals surface area contributed by atoms with Crippen LogP contribution in [-0.4, -0.2) is 34.2 Å². The molecule has 0 fully saturated rings. The van der Waals surface area contributed by atoms with Crippen LogP contribution in [0, 0.1) is 11.6 Å². The molecule has 0 saturated heterocycles. The Bertz CT molecular complexity index is 923. The van der Waals surface area contributed by atoms with Gasteiger partial charge in [0.2, 0.25) is 5.91 Å². The first-order valence-electron chi connectivity index (χ1n) is 8.14. The van der Waals surface area contributed by atoms with Crippen molar-refractivity contribution < 1.29 is 13.6 Å². The monoisotopic (exact) mass is 434 g/mol. The number of benzene rings is 2. The minimum atomic E-state index is -0.831. The van der Waals surface area contributed by atoms with Crippen molar-refractivity contribution in [3.8, 4) is 5.69 Å². The molecular formula is C19H17BrF2N4O. The zero-order valence-corrected chi connectivity index (χ0v) is 16.1. The first-order chi connectivity index (χ1) is 12.9. The summed E-state index contributed by atoms with van der Waals surface area (Å²) in [4.78, 5) is 13.9. The molecule has 3 aromatic rings. The van der Waals surface area contributed by atoms with Gasteiger partial charge in [0, 0.05) is 28.8 Å². The van der Waals surface area contributed by atoms with Gasteiger partial charge < -0.3 is 5.32 Å². The molecule has 0 radical (unpaired) electrons. The Balaban J connectivity index is 1.59. The van der Waals surface area contributed by atoms with Gasteiger partial charge in [-0.2, -0.15) is 5.10 Å². The van der Waals surface area contributed by atoms with Gasteiger partial charge in [-0.1, -0.05) is 18.2 Å². The summed E-state index contributed by atoms with van der Waals surface area (Å²) in [6.45, 7) is 0.535. The summed E-state index contributed by atoms with van der Waals surface area (Å²) >= 11 is 3.05. The van der Waals surface area contributed by atoms with E-state index in [0.29, 0.717) is 6.54 Å². The van der Waals surface area contributed by atoms with Gasteiger partial charge in [0.15, 0.2) is 5.82 Å². The minimum Gasteiger partial charge on any atom is -0.322 e. The highest BCUT2D eigenvalue weighted by Crippen LogP contribution is 2.26. The van der Waals surface area contributed by atoms with Crippen LogP contribution in [0.3, 0.4) is 0 Å². The lowest BCUT2D eigenvalue weighted by molar-refractivity contribution is -0.117. The molecule has 0 atom stereocenters. The fraction of sp³-hybridized carbons (Fsp3) is 0.158. The predicted molar refractivity (Wildman–Crippen MR) is 103 cm³/mol. The van der Waals surface area contributed by atoms with Crippen molar-refractivity contribution in [3.63, 3.8) is 0 Å². The van der Waals surface area contributed by atoms with E-state index < -0.39 is 17.5 Å². The van der Waals surface area contributed by atoms with Crippen LogP contribution in [0.4, 0.5) is 14.5 Å². The van der Waals surface area contributed by atoms with E-state index in [-0.39, 0.29) is 16.7 Å². The first-order valence-corrected chi connectivity index (χ1v) is 8.93. The lowest BCUT2D eigenvalue weighted by Crippen LogP contribution is -2.30. The number of aromatic nitrogens is 2. The van der Waals surface area contributed by atoms with E-state index in [9.17, 15) is 13.6 Å². The third kappa shape index (κ3) is 4.99. The first kappa shape index (κ1) is 19.2. The van der Waals surface area contributed by atoms with Crippen LogP contribution in [0.1, 0.15) is 5.56 Å². The zero-order valence-electron chi connectivity index (χ0n) is 14.5. The van der Waals surface area contributed by atoms with Gasteiger partial charge >= 0.3 is 0 Å². The molecule has 0 spiro atoms. The van der Waals surface area contributed by atoms with Crippen LogP contribution < -0.4 is 5.32 Å². The molecule has 140 valence electrons. The molecule has 5 nitrogen and oxygen atoms in total. The van der Waals surface area contributed by atoms with Crippen molar-refractivity contribution >= 4 is 27.5 Å². The Hall–Kier alpha value is -2.58. The molecule has 1 heterocycles. The molecule has 3 rings (SSSR count). The van der Waals surface area contributed by atoms with Gasteiger partial charge in [-0.15, -0.1) is 0 Å². The van der Waals surface area contributed by atoms with Crippen molar-refractivity contribution in [2.24, 2.45) is 0 Å². The molecule has 0 aliphatic rings. The van der Waals surface area contributed by atoms with Crippen molar-refractivity contribution in [2.75, 3.05) is 18.9 Å². The molecule has 1 N–H and O–H groups in total. The Labute approximate surface area is 163 Å². The van der Waals surface area contributed by atoms with E-state index in [0.717, 1.165) is 23.4 Å². The second-order valence-corrected chi connectivity index (χ2v) is 6.95. The number of halogens is 3. The van der Waals surface area contributed by atoms with Gasteiger partial charge in [0.25, 0.3) is 0 Å². The van der Waals surface area contributed by atoms with E-state index >= 15 is 0 Å². The molecule has 27 heavy (non-hydrogen) atoms. The number of anilines is 1. The van der Waals surface area contributed by atoms with E-state index in [4.69, 9.17) is 0 Å². The summed E-state index contributed by atoms with van der Waals surface area (Å²) < 4.78 is 28.8. The molecule has 2 aromatic carbocycles. The Kier molecular flexibility index (Phi) is 5.98. The van der Waals surface area contributed by atoms with Gasteiger partial charge in [0.1, 0.15) is 5.82 Å². The van der Waals surface area contributed by atoms with E-state index in [1.54, 1.807) is 22.8 Å². The van der Waals surface area contributed by atoms with Gasteiger partial charge in [-0.05, 0) is 41.2 Å². The number of amides is 1. The number of nitrogens with one attached hydrogen (secondary N) is 1. The summed E-state index contributed by atoms with van der Waals surface area (Å²) in [5, 5.41) is 6.78. The van der Waals surface area contributed by atoms with Gasteiger partial charge in [-0.3, -0.25) is 9.69 Å². The molecule has 0 aliphatic carbocycles. The third-order valence-electron chi connectivity index (χ3n) is 3.79. The minimum absolute atomic E-state index is 0.0414. The molecule has 0 aliphatic heterocycles. The maximum Gasteiger partial charge on any atom is 0.238 e. The highest BCUT2D eigenvalue weighted by molar-refractivity contribution is 9.10. The van der Waals surface area contributed by atoms with Gasteiger partial charge in [0.05, 0.1) is 24.1 Å². The lowest BCUT2D eigenvalue weighted by atomic mass is 10.3. The van der Waals surface area contributed by atoms with E-state index in [2.05, 4.69) is 26.3 Å². The molecular weight excluding hydrogens is 418 g/mol. The summed E-state index contributed by atoms with van der Waals surface area (Å²) in [5.74, 6) is -1.95. The second-order valence-electron chi connectivity index (χ2n) is 6.09. The topological polar surface area (TPSA) is 50.2 Å². The van der Waals surface area contributed by atoms with Crippen molar-refractivity contribution in [1.82, 2.24) is 14.7 Å². The summed E-state index contributed by atoms with van der Waals surface area (Å²) in [7, 11) is 1.77. The third-order valence-corrected chi connectivity index (χ3v) is 4.42. The second kappa shape index (κ2) is 8.41. The summed E-state index contributed by atoms with van der Waals surface area (Å²) in [5.41, 5.74) is 1.80. The Morgan fingerprint density at radius 2 is 2.00 bits per heavy atom. The Morgan fingerprint density at radius 3 is 2.70 bits per heavy atom. The SMILES string of the molecule is CN(CC(=O)Nc1c(F)cc(F)cc1Br)Cc1cnn(-c2ccccc2)c1. The number of nitrogens with zero attached hydrogens (tertiary/aromatic N) is 3. The van der Waals surface area contributed by atoms with E-state index in [1.165, 1.54) is 0 Å². The number of rotatable bonds is 6. The fourth-order valence-corrected chi connectivity index (χ4v) is 3.12. The van der Waals surface area contributed by atoms with Crippen LogP contribution in [0.15, 0.2) is 59.3 Å². The highest BCUT2D eigenvalue weighted by atomic mass is 79.9. The van der Waals surface area contributed by atoms with Crippen LogP contribution in [0.25, 0.3) is 5.69 Å². The quantitative estimate of drug-likeness (QED) is 0.638. The molecule has 8 heteroatoms. The highest BCUT2D eigenvalue weighted by Gasteiger charge is 2.14. The van der Waals surface area contributed by atoms with Crippen molar-refractivity contribution in [2.45, 2.75) is 6.54 Å². The van der Waals surface area contributed by atoms with Gasteiger partial charge in [-0.25, -0.2) is 13.5 Å². The molecule has 0 saturated carbocycles. The van der Waals surface area contributed by atoms with E-state index in [1.807, 2.05) is 36.5 Å². The number of carbonyl (C=O) groups is 1. The number of para-hydroxylation sites is 1. The number of hydrogen-bond donors (Lipinski definition) is 1. The lowest BCUT2D eigenvalue weighted by Gasteiger charge is -2.16. The molecule has 1 aromatic heterocycles. The predicted octanol–water partition coefficient (Wildman–Crippen LogP) is 3.98. The van der Waals surface area contributed by atoms with Crippen LogP contribution in [-0.2, 0) is 11.3 Å². The van der Waals surface area contributed by atoms with Crippen molar-refractivity contribution in [1.29, 1.82) is 0 Å². The smallest absolute Gasteiger partial charge is 0.238 e. The normalized spacial score (nSPS) is 11.0. The average Bonchev–Trinajstić information content (AvgIpc) is 3.07. The van der Waals surface area contributed by atoms with Crippen LogP contribution >= 0.6 is 15.9 Å². The average molecular weight is 435 g/mol. The zero-order chi connectivity index (χ0) is 19.4. The number of hydrogen-bond acceptors (Lipinski definition) is 3. The molecule has 0 bridgehead atoms. The van der Waals surface area contributed by atoms with Crippen LogP contribution in [0.2, 0.25) is 0 Å². The summed E-state index contributed by atoms with van der Waals surface area (Å²) in [6.07, 6.45) is 3.62. The fourth-order valence-electron chi connectivity index (χ4n) is 2.62. The Morgan fingerprint density at radius 1 is 1.26 bits per heavy atom. The maximum absolute atomic E-state index is 13.8. The maximum atomic E-state index is 13.8.